The highest BCUT2D eigenvalue weighted by molar-refractivity contribution is 5.77. The summed E-state index contributed by atoms with van der Waals surface area (Å²) in [6, 6.07) is 9.92. The standard InChI is InChI=1S/C13H21N3O/c1-14-8-9-16(2)11-13(17)15-10-12-6-4-3-5-7-12/h3-7,14H,8-11H2,1-2H3,(H,15,17). The van der Waals surface area contributed by atoms with Crippen molar-refractivity contribution in [1.29, 1.82) is 0 Å². The van der Waals surface area contributed by atoms with Gasteiger partial charge in [0.2, 0.25) is 5.91 Å². The van der Waals surface area contributed by atoms with Crippen molar-refractivity contribution in [1.82, 2.24) is 15.5 Å². The van der Waals surface area contributed by atoms with Gasteiger partial charge in [-0.05, 0) is 19.7 Å². The lowest BCUT2D eigenvalue weighted by molar-refractivity contribution is -0.122. The number of amides is 1. The van der Waals surface area contributed by atoms with E-state index in [1.165, 1.54) is 0 Å². The molecular formula is C13H21N3O. The Bertz CT molecular complexity index is 327. The molecule has 0 atom stereocenters. The van der Waals surface area contributed by atoms with Crippen molar-refractivity contribution >= 4 is 5.91 Å². The lowest BCUT2D eigenvalue weighted by atomic mass is 10.2. The van der Waals surface area contributed by atoms with E-state index < -0.39 is 0 Å². The number of nitrogens with zero attached hydrogens (tertiary/aromatic N) is 1. The molecule has 1 amide bonds. The maximum absolute atomic E-state index is 11.6. The summed E-state index contributed by atoms with van der Waals surface area (Å²) in [4.78, 5) is 13.6. The van der Waals surface area contributed by atoms with Crippen LogP contribution in [-0.4, -0.2) is 44.5 Å². The van der Waals surface area contributed by atoms with Gasteiger partial charge in [0.1, 0.15) is 0 Å². The number of hydrogen-bond donors (Lipinski definition) is 2. The van der Waals surface area contributed by atoms with E-state index in [4.69, 9.17) is 0 Å². The Morgan fingerprint density at radius 3 is 2.65 bits per heavy atom. The van der Waals surface area contributed by atoms with Crippen molar-refractivity contribution in [3.05, 3.63) is 35.9 Å². The Kier molecular flexibility index (Phi) is 6.29. The van der Waals surface area contributed by atoms with Crippen LogP contribution < -0.4 is 10.6 Å². The first-order valence-electron chi connectivity index (χ1n) is 5.86. The normalized spacial score (nSPS) is 10.5. The van der Waals surface area contributed by atoms with E-state index in [1.807, 2.05) is 49.3 Å². The van der Waals surface area contributed by atoms with E-state index in [1.54, 1.807) is 0 Å². The van der Waals surface area contributed by atoms with Crippen LogP contribution in [0.25, 0.3) is 0 Å². The molecule has 0 aliphatic rings. The maximum atomic E-state index is 11.6. The summed E-state index contributed by atoms with van der Waals surface area (Å²) in [6.07, 6.45) is 0. The third-order valence-corrected chi connectivity index (χ3v) is 2.49. The zero-order valence-corrected chi connectivity index (χ0v) is 10.6. The van der Waals surface area contributed by atoms with Gasteiger partial charge in [0.25, 0.3) is 0 Å². The summed E-state index contributed by atoms with van der Waals surface area (Å²) >= 11 is 0. The van der Waals surface area contributed by atoms with Crippen molar-refractivity contribution in [2.24, 2.45) is 0 Å². The van der Waals surface area contributed by atoms with Gasteiger partial charge in [-0.1, -0.05) is 30.3 Å². The van der Waals surface area contributed by atoms with E-state index >= 15 is 0 Å². The quantitative estimate of drug-likeness (QED) is 0.721. The number of nitrogens with one attached hydrogen (secondary N) is 2. The number of benzene rings is 1. The molecule has 1 rings (SSSR count). The Morgan fingerprint density at radius 1 is 1.29 bits per heavy atom. The third kappa shape index (κ3) is 6.04. The molecule has 0 saturated carbocycles. The van der Waals surface area contributed by atoms with Crippen LogP contribution in [0.3, 0.4) is 0 Å². The van der Waals surface area contributed by atoms with E-state index in [0.29, 0.717) is 13.1 Å². The third-order valence-electron chi connectivity index (χ3n) is 2.49. The molecule has 0 unspecified atom stereocenters. The van der Waals surface area contributed by atoms with Crippen LogP contribution in [0.4, 0.5) is 0 Å². The summed E-state index contributed by atoms with van der Waals surface area (Å²) in [7, 11) is 3.85. The molecule has 0 radical (unpaired) electrons. The highest BCUT2D eigenvalue weighted by Gasteiger charge is 2.05. The van der Waals surface area contributed by atoms with Gasteiger partial charge in [-0.3, -0.25) is 9.69 Å². The molecule has 1 aromatic carbocycles. The number of hydrogen-bond acceptors (Lipinski definition) is 3. The Morgan fingerprint density at radius 2 is 2.00 bits per heavy atom. The summed E-state index contributed by atoms with van der Waals surface area (Å²) in [5, 5.41) is 5.96. The molecule has 0 aromatic heterocycles. The zero-order valence-electron chi connectivity index (χ0n) is 10.6. The molecule has 0 aliphatic carbocycles. The summed E-state index contributed by atoms with van der Waals surface area (Å²) in [5.41, 5.74) is 1.12. The molecule has 17 heavy (non-hydrogen) atoms. The summed E-state index contributed by atoms with van der Waals surface area (Å²) < 4.78 is 0. The number of carbonyl (C=O) groups is 1. The van der Waals surface area contributed by atoms with Crippen molar-refractivity contribution in [3.8, 4) is 0 Å². The second kappa shape index (κ2) is 7.81. The van der Waals surface area contributed by atoms with Gasteiger partial charge in [0.05, 0.1) is 6.54 Å². The number of likely N-dealkylation sites (N-methyl/N-ethyl adjacent to an activating group) is 2. The van der Waals surface area contributed by atoms with Crippen molar-refractivity contribution in [3.63, 3.8) is 0 Å². The fourth-order valence-electron chi connectivity index (χ4n) is 1.48. The van der Waals surface area contributed by atoms with Crippen LogP contribution in [0.2, 0.25) is 0 Å². The highest BCUT2D eigenvalue weighted by Crippen LogP contribution is 1.96. The molecule has 4 heteroatoms. The molecule has 0 bridgehead atoms. The largest absolute Gasteiger partial charge is 0.351 e. The predicted octanol–water partition coefficient (Wildman–Crippen LogP) is 0.454. The smallest absolute Gasteiger partial charge is 0.234 e. The van der Waals surface area contributed by atoms with Gasteiger partial charge in [-0.2, -0.15) is 0 Å². The first kappa shape index (κ1) is 13.7. The fourth-order valence-corrected chi connectivity index (χ4v) is 1.48. The monoisotopic (exact) mass is 235 g/mol. The molecule has 0 heterocycles. The minimum atomic E-state index is 0.0625. The van der Waals surface area contributed by atoms with Crippen LogP contribution in [0.5, 0.6) is 0 Å². The van der Waals surface area contributed by atoms with Crippen molar-refractivity contribution < 1.29 is 4.79 Å². The average molecular weight is 235 g/mol. The SMILES string of the molecule is CNCCN(C)CC(=O)NCc1ccccc1. The Labute approximate surface area is 103 Å². The van der Waals surface area contributed by atoms with Crippen LogP contribution >= 0.6 is 0 Å². The molecule has 0 spiro atoms. The fraction of sp³-hybridized carbons (Fsp3) is 0.462. The van der Waals surface area contributed by atoms with Crippen LogP contribution in [-0.2, 0) is 11.3 Å². The lowest BCUT2D eigenvalue weighted by Gasteiger charge is -2.15. The van der Waals surface area contributed by atoms with E-state index in [-0.39, 0.29) is 5.91 Å². The first-order chi connectivity index (χ1) is 8.22. The van der Waals surface area contributed by atoms with E-state index in [2.05, 4.69) is 10.6 Å². The van der Waals surface area contributed by atoms with Gasteiger partial charge < -0.3 is 10.6 Å². The second-order valence-corrected chi connectivity index (χ2v) is 4.10. The number of rotatable bonds is 7. The highest BCUT2D eigenvalue weighted by atomic mass is 16.2. The van der Waals surface area contributed by atoms with Gasteiger partial charge in [0, 0.05) is 19.6 Å². The summed E-state index contributed by atoms with van der Waals surface area (Å²) in [6.45, 7) is 2.80. The molecular weight excluding hydrogens is 214 g/mol. The van der Waals surface area contributed by atoms with Crippen molar-refractivity contribution in [2.45, 2.75) is 6.54 Å². The zero-order chi connectivity index (χ0) is 12.5. The molecule has 94 valence electrons. The molecule has 0 saturated heterocycles. The molecule has 1 aromatic rings. The van der Waals surface area contributed by atoms with Crippen LogP contribution in [0.1, 0.15) is 5.56 Å². The minimum absolute atomic E-state index is 0.0625. The first-order valence-corrected chi connectivity index (χ1v) is 5.86. The maximum Gasteiger partial charge on any atom is 0.234 e. The second-order valence-electron chi connectivity index (χ2n) is 4.10. The molecule has 0 fully saturated rings. The van der Waals surface area contributed by atoms with E-state index in [0.717, 1.165) is 18.7 Å². The predicted molar refractivity (Wildman–Crippen MR) is 69.7 cm³/mol. The van der Waals surface area contributed by atoms with Gasteiger partial charge in [-0.25, -0.2) is 0 Å². The van der Waals surface area contributed by atoms with Gasteiger partial charge in [-0.15, -0.1) is 0 Å². The molecule has 4 nitrogen and oxygen atoms in total. The van der Waals surface area contributed by atoms with Gasteiger partial charge in [0.15, 0.2) is 0 Å². The van der Waals surface area contributed by atoms with Crippen LogP contribution in [0, 0.1) is 0 Å². The lowest BCUT2D eigenvalue weighted by Crippen LogP contribution is -2.37. The van der Waals surface area contributed by atoms with Crippen molar-refractivity contribution in [2.75, 3.05) is 33.7 Å². The van der Waals surface area contributed by atoms with E-state index in [9.17, 15) is 4.79 Å². The molecule has 2 N–H and O–H groups in total. The van der Waals surface area contributed by atoms with Gasteiger partial charge >= 0.3 is 0 Å². The summed E-state index contributed by atoms with van der Waals surface area (Å²) in [5.74, 6) is 0.0625. The van der Waals surface area contributed by atoms with Crippen LogP contribution in [0.15, 0.2) is 30.3 Å². The topological polar surface area (TPSA) is 44.4 Å². The molecule has 0 aliphatic heterocycles. The number of carbonyl (C=O) groups excluding carboxylic acids is 1. The average Bonchev–Trinajstić information content (AvgIpc) is 2.35. The Balaban J connectivity index is 2.21. The minimum Gasteiger partial charge on any atom is -0.351 e. The Hall–Kier alpha value is -1.39.